The molecule has 0 radical (unpaired) electrons. The number of hydrogen-bond donors (Lipinski definition) is 1. The third-order valence-corrected chi connectivity index (χ3v) is 3.10. The largest absolute Gasteiger partial charge is 0.356 e. The van der Waals surface area contributed by atoms with E-state index in [0.29, 0.717) is 13.1 Å². The topological polar surface area (TPSA) is 52.7 Å². The van der Waals surface area contributed by atoms with Gasteiger partial charge in [0.1, 0.15) is 6.42 Å². The molecule has 0 saturated heterocycles. The molecule has 0 saturated carbocycles. The maximum absolute atomic E-state index is 12.2. The number of carbonyl (C=O) groups excluding carboxylic acids is 2. The van der Waals surface area contributed by atoms with Crippen LogP contribution in [0.4, 0.5) is 5.69 Å². The summed E-state index contributed by atoms with van der Waals surface area (Å²) in [5.41, 5.74) is 0.824. The van der Waals surface area contributed by atoms with Crippen molar-refractivity contribution >= 4 is 17.5 Å². The molecule has 0 aliphatic heterocycles. The Morgan fingerprint density at radius 1 is 1.14 bits per heavy atom. The van der Waals surface area contributed by atoms with E-state index in [1.54, 1.807) is 4.90 Å². The summed E-state index contributed by atoms with van der Waals surface area (Å²) in [7, 11) is 3.98. The first kappa shape index (κ1) is 17.2. The van der Waals surface area contributed by atoms with Gasteiger partial charge in [-0.2, -0.15) is 0 Å². The first-order valence-electron chi connectivity index (χ1n) is 7.31. The summed E-state index contributed by atoms with van der Waals surface area (Å²) in [6, 6.07) is 9.41. The maximum Gasteiger partial charge on any atom is 0.236 e. The summed E-state index contributed by atoms with van der Waals surface area (Å²) >= 11 is 0. The van der Waals surface area contributed by atoms with Gasteiger partial charge in [0.2, 0.25) is 11.8 Å². The lowest BCUT2D eigenvalue weighted by Crippen LogP contribution is -2.36. The molecule has 0 bridgehead atoms. The predicted octanol–water partition coefficient (Wildman–Crippen LogP) is 1.50. The zero-order valence-electron chi connectivity index (χ0n) is 13.1. The van der Waals surface area contributed by atoms with Crippen LogP contribution in [0.15, 0.2) is 30.3 Å². The lowest BCUT2D eigenvalue weighted by molar-refractivity contribution is -0.127. The van der Waals surface area contributed by atoms with Gasteiger partial charge >= 0.3 is 0 Å². The van der Waals surface area contributed by atoms with Crippen LogP contribution >= 0.6 is 0 Å². The molecular formula is C16H25N3O2. The second kappa shape index (κ2) is 9.13. The SMILES string of the molecule is CCN(C(=O)CC(=O)NCCCN(C)C)c1ccccc1. The molecule has 5 nitrogen and oxygen atoms in total. The minimum atomic E-state index is -0.215. The first-order valence-corrected chi connectivity index (χ1v) is 7.31. The number of benzene rings is 1. The van der Waals surface area contributed by atoms with Crippen molar-refractivity contribution in [3.8, 4) is 0 Å². The number of nitrogens with one attached hydrogen (secondary N) is 1. The van der Waals surface area contributed by atoms with Gasteiger partial charge in [0.25, 0.3) is 0 Å². The number of anilines is 1. The average molecular weight is 291 g/mol. The molecule has 0 heterocycles. The van der Waals surface area contributed by atoms with Gasteiger partial charge < -0.3 is 15.1 Å². The summed E-state index contributed by atoms with van der Waals surface area (Å²) in [6.45, 7) is 3.97. The molecular weight excluding hydrogens is 266 g/mol. The van der Waals surface area contributed by atoms with Crippen molar-refractivity contribution in [3.63, 3.8) is 0 Å². The lowest BCUT2D eigenvalue weighted by Gasteiger charge is -2.20. The number of para-hydroxylation sites is 1. The van der Waals surface area contributed by atoms with E-state index in [0.717, 1.165) is 18.7 Å². The zero-order chi connectivity index (χ0) is 15.7. The highest BCUT2D eigenvalue weighted by Gasteiger charge is 2.16. The van der Waals surface area contributed by atoms with E-state index in [1.807, 2.05) is 51.4 Å². The number of nitrogens with zero attached hydrogens (tertiary/aromatic N) is 2. The van der Waals surface area contributed by atoms with Crippen LogP contribution in [-0.2, 0) is 9.59 Å². The van der Waals surface area contributed by atoms with E-state index >= 15 is 0 Å². The van der Waals surface area contributed by atoms with E-state index in [4.69, 9.17) is 0 Å². The molecule has 0 aliphatic carbocycles. The molecule has 1 N–H and O–H groups in total. The Labute approximate surface area is 126 Å². The number of hydrogen-bond acceptors (Lipinski definition) is 3. The Bertz CT molecular complexity index is 446. The predicted molar refractivity (Wildman–Crippen MR) is 85.3 cm³/mol. The normalized spacial score (nSPS) is 10.5. The Kier molecular flexibility index (Phi) is 7.46. The Morgan fingerprint density at radius 2 is 1.81 bits per heavy atom. The van der Waals surface area contributed by atoms with Crippen molar-refractivity contribution in [3.05, 3.63) is 30.3 Å². The van der Waals surface area contributed by atoms with Gasteiger partial charge in [-0.25, -0.2) is 0 Å². The van der Waals surface area contributed by atoms with E-state index in [-0.39, 0.29) is 18.2 Å². The Balaban J connectivity index is 2.42. The standard InChI is InChI=1S/C16H25N3O2/c1-4-19(14-9-6-5-7-10-14)16(21)13-15(20)17-11-8-12-18(2)3/h5-7,9-10H,4,8,11-13H2,1-3H3,(H,17,20). The highest BCUT2D eigenvalue weighted by Crippen LogP contribution is 2.13. The van der Waals surface area contributed by atoms with Gasteiger partial charge in [0.15, 0.2) is 0 Å². The van der Waals surface area contributed by atoms with Crippen LogP contribution in [0.5, 0.6) is 0 Å². The molecule has 0 atom stereocenters. The molecule has 0 fully saturated rings. The van der Waals surface area contributed by atoms with Crippen molar-refractivity contribution in [2.75, 3.05) is 38.6 Å². The second-order valence-corrected chi connectivity index (χ2v) is 5.16. The van der Waals surface area contributed by atoms with Crippen molar-refractivity contribution in [1.82, 2.24) is 10.2 Å². The smallest absolute Gasteiger partial charge is 0.236 e. The second-order valence-electron chi connectivity index (χ2n) is 5.16. The van der Waals surface area contributed by atoms with Crippen molar-refractivity contribution in [2.24, 2.45) is 0 Å². The summed E-state index contributed by atoms with van der Waals surface area (Å²) in [5, 5.41) is 2.79. The highest BCUT2D eigenvalue weighted by atomic mass is 16.2. The Hall–Kier alpha value is -1.88. The molecule has 5 heteroatoms. The third kappa shape index (κ3) is 6.40. The fourth-order valence-corrected chi connectivity index (χ4v) is 2.03. The minimum absolute atomic E-state index is 0.106. The summed E-state index contributed by atoms with van der Waals surface area (Å²) in [6.07, 6.45) is 0.772. The fraction of sp³-hybridized carbons (Fsp3) is 0.500. The minimum Gasteiger partial charge on any atom is -0.356 e. The quantitative estimate of drug-likeness (QED) is 0.583. The number of carbonyl (C=O) groups is 2. The van der Waals surface area contributed by atoms with E-state index < -0.39 is 0 Å². The zero-order valence-corrected chi connectivity index (χ0v) is 13.1. The molecule has 21 heavy (non-hydrogen) atoms. The molecule has 0 aromatic heterocycles. The van der Waals surface area contributed by atoms with Crippen LogP contribution in [0, 0.1) is 0 Å². The van der Waals surface area contributed by atoms with Gasteiger partial charge in [-0.3, -0.25) is 9.59 Å². The van der Waals surface area contributed by atoms with Crippen molar-refractivity contribution in [2.45, 2.75) is 19.8 Å². The summed E-state index contributed by atoms with van der Waals surface area (Å²) in [5.74, 6) is -0.387. The van der Waals surface area contributed by atoms with Crippen LogP contribution < -0.4 is 10.2 Å². The molecule has 0 spiro atoms. The molecule has 2 amide bonds. The van der Waals surface area contributed by atoms with Crippen molar-refractivity contribution in [1.29, 1.82) is 0 Å². The van der Waals surface area contributed by atoms with E-state index in [9.17, 15) is 9.59 Å². The lowest BCUT2D eigenvalue weighted by atomic mass is 10.2. The molecule has 1 rings (SSSR count). The molecule has 116 valence electrons. The maximum atomic E-state index is 12.2. The van der Waals surface area contributed by atoms with Gasteiger partial charge in [-0.05, 0) is 46.1 Å². The van der Waals surface area contributed by atoms with Crippen LogP contribution in [0.3, 0.4) is 0 Å². The molecule has 0 unspecified atom stereocenters. The van der Waals surface area contributed by atoms with Gasteiger partial charge in [-0.15, -0.1) is 0 Å². The van der Waals surface area contributed by atoms with Crippen LogP contribution in [0.25, 0.3) is 0 Å². The number of amides is 2. The van der Waals surface area contributed by atoms with Crippen LogP contribution in [-0.4, -0.2) is 50.4 Å². The molecule has 1 aromatic carbocycles. The van der Waals surface area contributed by atoms with Gasteiger partial charge in [-0.1, -0.05) is 18.2 Å². The van der Waals surface area contributed by atoms with Gasteiger partial charge in [0, 0.05) is 18.8 Å². The first-order chi connectivity index (χ1) is 10.0. The average Bonchev–Trinajstić information content (AvgIpc) is 2.45. The van der Waals surface area contributed by atoms with Crippen molar-refractivity contribution < 1.29 is 9.59 Å². The third-order valence-electron chi connectivity index (χ3n) is 3.10. The molecule has 0 aliphatic rings. The van der Waals surface area contributed by atoms with Crippen LogP contribution in [0.2, 0.25) is 0 Å². The van der Waals surface area contributed by atoms with Gasteiger partial charge in [0.05, 0.1) is 0 Å². The van der Waals surface area contributed by atoms with E-state index in [1.165, 1.54) is 0 Å². The summed E-state index contributed by atoms with van der Waals surface area (Å²) < 4.78 is 0. The number of rotatable bonds is 8. The summed E-state index contributed by atoms with van der Waals surface area (Å²) in [4.78, 5) is 27.6. The fourth-order valence-electron chi connectivity index (χ4n) is 2.03. The van der Waals surface area contributed by atoms with Crippen LogP contribution in [0.1, 0.15) is 19.8 Å². The Morgan fingerprint density at radius 3 is 2.38 bits per heavy atom. The monoisotopic (exact) mass is 291 g/mol. The van der Waals surface area contributed by atoms with E-state index in [2.05, 4.69) is 10.2 Å². The highest BCUT2D eigenvalue weighted by molar-refractivity contribution is 6.04. The molecule has 1 aromatic rings.